The minimum Gasteiger partial charge on any atom is -0.493 e. The van der Waals surface area contributed by atoms with Crippen LogP contribution in [0.15, 0.2) is 40.9 Å². The molecule has 0 aliphatic rings. The summed E-state index contributed by atoms with van der Waals surface area (Å²) >= 11 is 3.47. The molecule has 0 bridgehead atoms. The lowest BCUT2D eigenvalue weighted by molar-refractivity contribution is -0.120. The molecule has 0 aliphatic heterocycles. The maximum absolute atomic E-state index is 12.2. The SMILES string of the molecule is COc1cc(Br)c(CC(=O)NCc2ccc(C)cc2)cc1OC. The monoisotopic (exact) mass is 377 g/mol. The van der Waals surface area contributed by atoms with Crippen LogP contribution in [0.2, 0.25) is 0 Å². The van der Waals surface area contributed by atoms with Crippen LogP contribution in [-0.4, -0.2) is 20.1 Å². The Morgan fingerprint density at radius 3 is 2.30 bits per heavy atom. The van der Waals surface area contributed by atoms with Crippen LogP contribution in [0.4, 0.5) is 0 Å². The molecular formula is C18H20BrNO3. The Morgan fingerprint density at radius 2 is 1.70 bits per heavy atom. The minimum atomic E-state index is -0.0431. The minimum absolute atomic E-state index is 0.0431. The molecule has 0 fully saturated rings. The molecular weight excluding hydrogens is 358 g/mol. The van der Waals surface area contributed by atoms with Crippen molar-refractivity contribution in [2.24, 2.45) is 0 Å². The van der Waals surface area contributed by atoms with Crippen molar-refractivity contribution in [3.63, 3.8) is 0 Å². The number of hydrogen-bond acceptors (Lipinski definition) is 3. The van der Waals surface area contributed by atoms with Crippen LogP contribution in [0.25, 0.3) is 0 Å². The Balaban J connectivity index is 2.01. The van der Waals surface area contributed by atoms with Gasteiger partial charge in [0, 0.05) is 11.0 Å². The van der Waals surface area contributed by atoms with Gasteiger partial charge < -0.3 is 14.8 Å². The standard InChI is InChI=1S/C18H20BrNO3/c1-12-4-6-13(7-5-12)11-20-18(21)9-14-8-16(22-2)17(23-3)10-15(14)19/h4-8,10H,9,11H2,1-3H3,(H,20,21). The molecule has 2 rings (SSSR count). The van der Waals surface area contributed by atoms with E-state index in [1.165, 1.54) is 5.56 Å². The van der Waals surface area contributed by atoms with E-state index in [4.69, 9.17) is 9.47 Å². The highest BCUT2D eigenvalue weighted by Gasteiger charge is 2.12. The average molecular weight is 378 g/mol. The zero-order valence-electron chi connectivity index (χ0n) is 13.5. The Morgan fingerprint density at radius 1 is 1.09 bits per heavy atom. The first-order valence-corrected chi connectivity index (χ1v) is 8.05. The molecule has 0 saturated carbocycles. The molecule has 1 N–H and O–H groups in total. The zero-order valence-corrected chi connectivity index (χ0v) is 15.1. The summed E-state index contributed by atoms with van der Waals surface area (Å²) in [6.45, 7) is 2.56. The van der Waals surface area contributed by atoms with Crippen LogP contribution in [0.5, 0.6) is 11.5 Å². The van der Waals surface area contributed by atoms with E-state index in [1.54, 1.807) is 20.3 Å². The molecule has 0 radical (unpaired) electrons. The molecule has 5 heteroatoms. The third-order valence-electron chi connectivity index (χ3n) is 3.51. The number of halogens is 1. The van der Waals surface area contributed by atoms with Gasteiger partial charge in [-0.2, -0.15) is 0 Å². The molecule has 0 heterocycles. The van der Waals surface area contributed by atoms with Crippen molar-refractivity contribution in [3.05, 3.63) is 57.6 Å². The van der Waals surface area contributed by atoms with Gasteiger partial charge in [-0.1, -0.05) is 45.8 Å². The summed E-state index contributed by atoms with van der Waals surface area (Å²) in [4.78, 5) is 12.2. The van der Waals surface area contributed by atoms with E-state index in [0.29, 0.717) is 18.0 Å². The third-order valence-corrected chi connectivity index (χ3v) is 4.25. The quantitative estimate of drug-likeness (QED) is 0.835. The van der Waals surface area contributed by atoms with Crippen molar-refractivity contribution >= 4 is 21.8 Å². The van der Waals surface area contributed by atoms with Crippen molar-refractivity contribution in [1.29, 1.82) is 0 Å². The number of carbonyl (C=O) groups is 1. The number of ether oxygens (including phenoxy) is 2. The van der Waals surface area contributed by atoms with Crippen LogP contribution in [0.1, 0.15) is 16.7 Å². The molecule has 0 aliphatic carbocycles. The number of rotatable bonds is 6. The highest BCUT2D eigenvalue weighted by atomic mass is 79.9. The Hall–Kier alpha value is -2.01. The van der Waals surface area contributed by atoms with Gasteiger partial charge in [-0.25, -0.2) is 0 Å². The van der Waals surface area contributed by atoms with Gasteiger partial charge in [-0.05, 0) is 30.2 Å². The summed E-state index contributed by atoms with van der Waals surface area (Å²) in [6.07, 6.45) is 0.271. The van der Waals surface area contributed by atoms with Gasteiger partial charge in [0.25, 0.3) is 0 Å². The van der Waals surface area contributed by atoms with Crippen LogP contribution in [0.3, 0.4) is 0 Å². The Kier molecular flexibility index (Phi) is 6.04. The second kappa shape index (κ2) is 8.02. The van der Waals surface area contributed by atoms with Crippen LogP contribution in [-0.2, 0) is 17.8 Å². The normalized spacial score (nSPS) is 10.3. The first kappa shape index (κ1) is 17.3. The van der Waals surface area contributed by atoms with Gasteiger partial charge in [-0.3, -0.25) is 4.79 Å². The van der Waals surface area contributed by atoms with Gasteiger partial charge in [0.1, 0.15) is 0 Å². The summed E-state index contributed by atoms with van der Waals surface area (Å²) in [5.41, 5.74) is 3.13. The smallest absolute Gasteiger partial charge is 0.224 e. The summed E-state index contributed by atoms with van der Waals surface area (Å²) in [6, 6.07) is 11.7. The lowest BCUT2D eigenvalue weighted by atomic mass is 10.1. The maximum Gasteiger partial charge on any atom is 0.224 e. The van der Waals surface area contributed by atoms with Gasteiger partial charge in [-0.15, -0.1) is 0 Å². The van der Waals surface area contributed by atoms with Crippen molar-refractivity contribution < 1.29 is 14.3 Å². The predicted octanol–water partition coefficient (Wildman–Crippen LogP) is 3.63. The number of hydrogen-bond donors (Lipinski definition) is 1. The second-order valence-corrected chi connectivity index (χ2v) is 6.09. The summed E-state index contributed by atoms with van der Waals surface area (Å²) in [5.74, 6) is 1.19. The highest BCUT2D eigenvalue weighted by molar-refractivity contribution is 9.10. The molecule has 23 heavy (non-hydrogen) atoms. The van der Waals surface area contributed by atoms with E-state index >= 15 is 0 Å². The molecule has 4 nitrogen and oxygen atoms in total. The van der Waals surface area contributed by atoms with Gasteiger partial charge in [0.2, 0.25) is 5.91 Å². The van der Waals surface area contributed by atoms with E-state index in [-0.39, 0.29) is 12.3 Å². The van der Waals surface area contributed by atoms with E-state index < -0.39 is 0 Å². The first-order valence-electron chi connectivity index (χ1n) is 7.26. The molecule has 2 aromatic carbocycles. The van der Waals surface area contributed by atoms with E-state index in [9.17, 15) is 4.79 Å². The van der Waals surface area contributed by atoms with E-state index in [0.717, 1.165) is 15.6 Å². The fourth-order valence-electron chi connectivity index (χ4n) is 2.17. The number of benzene rings is 2. The average Bonchev–Trinajstić information content (AvgIpc) is 2.55. The first-order chi connectivity index (χ1) is 11.0. The maximum atomic E-state index is 12.2. The predicted molar refractivity (Wildman–Crippen MR) is 94.0 cm³/mol. The molecule has 0 saturated heterocycles. The van der Waals surface area contributed by atoms with Crippen molar-refractivity contribution in [3.8, 4) is 11.5 Å². The van der Waals surface area contributed by atoms with Crippen LogP contribution in [0, 0.1) is 6.92 Å². The lowest BCUT2D eigenvalue weighted by Gasteiger charge is -2.12. The highest BCUT2D eigenvalue weighted by Crippen LogP contribution is 2.33. The van der Waals surface area contributed by atoms with E-state index in [1.807, 2.05) is 37.3 Å². The fourth-order valence-corrected chi connectivity index (χ4v) is 2.64. The lowest BCUT2D eigenvalue weighted by Crippen LogP contribution is -2.24. The van der Waals surface area contributed by atoms with Crippen LogP contribution < -0.4 is 14.8 Å². The zero-order chi connectivity index (χ0) is 16.8. The largest absolute Gasteiger partial charge is 0.493 e. The molecule has 2 aromatic rings. The number of methoxy groups -OCH3 is 2. The van der Waals surface area contributed by atoms with Crippen molar-refractivity contribution in [2.45, 2.75) is 19.9 Å². The number of carbonyl (C=O) groups excluding carboxylic acids is 1. The molecule has 122 valence electrons. The van der Waals surface area contributed by atoms with Gasteiger partial charge in [0.05, 0.1) is 20.6 Å². The number of amides is 1. The molecule has 1 amide bonds. The molecule has 0 aromatic heterocycles. The summed E-state index contributed by atoms with van der Waals surface area (Å²) < 4.78 is 11.3. The Labute approximate surface area is 144 Å². The fraction of sp³-hybridized carbons (Fsp3) is 0.278. The van der Waals surface area contributed by atoms with Gasteiger partial charge in [0.15, 0.2) is 11.5 Å². The Bertz CT molecular complexity index is 683. The van der Waals surface area contributed by atoms with Gasteiger partial charge >= 0.3 is 0 Å². The van der Waals surface area contributed by atoms with Crippen molar-refractivity contribution in [1.82, 2.24) is 5.32 Å². The second-order valence-electron chi connectivity index (χ2n) is 5.24. The third kappa shape index (κ3) is 4.73. The topological polar surface area (TPSA) is 47.6 Å². The van der Waals surface area contributed by atoms with E-state index in [2.05, 4.69) is 21.2 Å². The summed E-state index contributed by atoms with van der Waals surface area (Å²) in [7, 11) is 3.16. The molecule has 0 atom stereocenters. The molecule has 0 spiro atoms. The summed E-state index contributed by atoms with van der Waals surface area (Å²) in [5, 5.41) is 2.93. The van der Waals surface area contributed by atoms with Crippen LogP contribution >= 0.6 is 15.9 Å². The number of aryl methyl sites for hydroxylation is 1. The van der Waals surface area contributed by atoms with Crippen molar-refractivity contribution in [2.75, 3.05) is 14.2 Å². The molecule has 0 unspecified atom stereocenters. The number of nitrogens with one attached hydrogen (secondary N) is 1.